The second-order valence-corrected chi connectivity index (χ2v) is 8.21. The molecule has 0 aliphatic heterocycles. The van der Waals surface area contributed by atoms with Gasteiger partial charge in [0.05, 0.1) is 17.5 Å². The maximum Gasteiger partial charge on any atom is 0.315 e. The first kappa shape index (κ1) is 20.6. The van der Waals surface area contributed by atoms with E-state index in [4.69, 9.17) is 0 Å². The maximum absolute atomic E-state index is 12.7. The second kappa shape index (κ2) is 9.87. The van der Waals surface area contributed by atoms with E-state index in [2.05, 4.69) is 10.6 Å². The third kappa shape index (κ3) is 5.27. The largest absolute Gasteiger partial charge is 0.333 e. The van der Waals surface area contributed by atoms with Crippen molar-refractivity contribution in [2.24, 2.45) is 0 Å². The molecule has 4 nitrogen and oxygen atoms in total. The van der Waals surface area contributed by atoms with Crippen LogP contribution in [0.3, 0.4) is 0 Å². The third-order valence-electron chi connectivity index (χ3n) is 4.89. The quantitative estimate of drug-likeness (QED) is 0.380. The molecule has 0 spiro atoms. The molecule has 3 aromatic carbocycles. The Morgan fingerprint density at radius 2 is 1.26 bits per heavy atom. The van der Waals surface area contributed by atoms with Gasteiger partial charge in [-0.2, -0.15) is 0 Å². The average molecular weight is 427 g/mol. The Morgan fingerprint density at radius 1 is 0.710 bits per heavy atom. The summed E-state index contributed by atoms with van der Waals surface area (Å²) in [5.41, 5.74) is 2.68. The number of hydrogen-bond donors (Lipinski definition) is 2. The summed E-state index contributed by atoms with van der Waals surface area (Å²) in [5, 5.41) is 5.97. The number of ketones is 1. The molecule has 1 aromatic heterocycles. The zero-order valence-electron chi connectivity index (χ0n) is 16.8. The Kier molecular flexibility index (Phi) is 6.55. The van der Waals surface area contributed by atoms with Crippen molar-refractivity contribution in [3.8, 4) is 0 Å². The van der Waals surface area contributed by atoms with E-state index in [9.17, 15) is 9.59 Å². The minimum atomic E-state index is -0.262. The fraction of sp³-hybridized carbons (Fsp3) is 0.0769. The van der Waals surface area contributed by atoms with Crippen LogP contribution in [0.5, 0.6) is 0 Å². The van der Waals surface area contributed by atoms with Gasteiger partial charge in [0.15, 0.2) is 0 Å². The molecule has 1 heterocycles. The van der Waals surface area contributed by atoms with E-state index in [0.29, 0.717) is 17.0 Å². The number of carbonyl (C=O) groups excluding carboxylic acids is 2. The SMILES string of the molecule is O=C(NCc1ccc(C(=O)c2ccccc2)s1)NC(c1ccccc1)c1ccccc1. The minimum Gasteiger partial charge on any atom is -0.333 e. The van der Waals surface area contributed by atoms with Gasteiger partial charge in [0.1, 0.15) is 0 Å². The molecular weight excluding hydrogens is 404 g/mol. The van der Waals surface area contributed by atoms with E-state index in [-0.39, 0.29) is 17.9 Å². The summed E-state index contributed by atoms with van der Waals surface area (Å²) in [6, 6.07) is 32.1. The Morgan fingerprint density at radius 3 is 1.84 bits per heavy atom. The maximum atomic E-state index is 12.7. The van der Waals surface area contributed by atoms with Crippen LogP contribution in [0, 0.1) is 0 Å². The average Bonchev–Trinajstić information content (AvgIpc) is 3.31. The number of thiophene rings is 1. The molecule has 0 atom stereocenters. The topological polar surface area (TPSA) is 58.2 Å². The molecule has 4 rings (SSSR count). The van der Waals surface area contributed by atoms with E-state index < -0.39 is 0 Å². The number of rotatable bonds is 7. The highest BCUT2D eigenvalue weighted by molar-refractivity contribution is 7.14. The van der Waals surface area contributed by atoms with Crippen molar-refractivity contribution < 1.29 is 9.59 Å². The molecule has 154 valence electrons. The zero-order valence-corrected chi connectivity index (χ0v) is 17.6. The fourth-order valence-corrected chi connectivity index (χ4v) is 4.24. The van der Waals surface area contributed by atoms with Gasteiger partial charge >= 0.3 is 6.03 Å². The highest BCUT2D eigenvalue weighted by Gasteiger charge is 2.17. The van der Waals surface area contributed by atoms with Crippen LogP contribution in [0.25, 0.3) is 0 Å². The molecule has 4 aromatic rings. The summed E-state index contributed by atoms with van der Waals surface area (Å²) in [5.74, 6) is -0.00507. The van der Waals surface area contributed by atoms with Crippen LogP contribution < -0.4 is 10.6 Å². The lowest BCUT2D eigenvalue weighted by Gasteiger charge is -2.20. The number of carbonyl (C=O) groups is 2. The highest BCUT2D eigenvalue weighted by Crippen LogP contribution is 2.22. The first-order valence-corrected chi connectivity index (χ1v) is 10.8. The number of nitrogens with one attached hydrogen (secondary N) is 2. The van der Waals surface area contributed by atoms with E-state index in [1.807, 2.05) is 91.0 Å². The van der Waals surface area contributed by atoms with Gasteiger partial charge in [0.2, 0.25) is 5.78 Å². The predicted molar refractivity (Wildman–Crippen MR) is 124 cm³/mol. The normalized spacial score (nSPS) is 10.6. The molecule has 0 radical (unpaired) electrons. The van der Waals surface area contributed by atoms with Gasteiger partial charge in [-0.15, -0.1) is 11.3 Å². The van der Waals surface area contributed by atoms with E-state index in [1.54, 1.807) is 12.1 Å². The molecule has 0 aliphatic carbocycles. The summed E-state index contributed by atoms with van der Waals surface area (Å²) in [6.07, 6.45) is 0. The highest BCUT2D eigenvalue weighted by atomic mass is 32.1. The summed E-state index contributed by atoms with van der Waals surface area (Å²) in [6.45, 7) is 0.356. The van der Waals surface area contributed by atoms with Crippen molar-refractivity contribution in [2.45, 2.75) is 12.6 Å². The minimum absolute atomic E-state index is 0.00507. The van der Waals surface area contributed by atoms with Crippen LogP contribution in [-0.2, 0) is 6.54 Å². The van der Waals surface area contributed by atoms with Gasteiger partial charge in [0.25, 0.3) is 0 Å². The molecule has 31 heavy (non-hydrogen) atoms. The first-order chi connectivity index (χ1) is 15.2. The van der Waals surface area contributed by atoms with Gasteiger partial charge in [-0.05, 0) is 23.3 Å². The first-order valence-electron chi connectivity index (χ1n) is 10.0. The van der Waals surface area contributed by atoms with Crippen molar-refractivity contribution in [2.75, 3.05) is 0 Å². The molecule has 0 saturated heterocycles. The molecule has 0 aliphatic rings. The summed E-state index contributed by atoms with van der Waals surface area (Å²) >= 11 is 1.40. The molecule has 5 heteroatoms. The lowest BCUT2D eigenvalue weighted by atomic mass is 9.99. The van der Waals surface area contributed by atoms with Crippen LogP contribution in [0.15, 0.2) is 103 Å². The van der Waals surface area contributed by atoms with Gasteiger partial charge in [-0.25, -0.2) is 4.79 Å². The lowest BCUT2D eigenvalue weighted by Crippen LogP contribution is -2.37. The zero-order chi connectivity index (χ0) is 21.5. The molecule has 0 bridgehead atoms. The number of hydrogen-bond acceptors (Lipinski definition) is 3. The van der Waals surface area contributed by atoms with Gasteiger partial charge in [-0.3, -0.25) is 4.79 Å². The Balaban J connectivity index is 1.40. The summed E-state index contributed by atoms with van der Waals surface area (Å²) < 4.78 is 0. The lowest BCUT2D eigenvalue weighted by molar-refractivity contribution is 0.104. The summed E-state index contributed by atoms with van der Waals surface area (Å²) in [7, 11) is 0. The Bertz CT molecular complexity index is 1100. The molecule has 0 fully saturated rings. The van der Waals surface area contributed by atoms with Crippen molar-refractivity contribution in [1.82, 2.24) is 10.6 Å². The summed E-state index contributed by atoms with van der Waals surface area (Å²) in [4.78, 5) is 26.8. The van der Waals surface area contributed by atoms with Crippen LogP contribution >= 0.6 is 11.3 Å². The monoisotopic (exact) mass is 426 g/mol. The van der Waals surface area contributed by atoms with Crippen molar-refractivity contribution in [3.63, 3.8) is 0 Å². The van der Waals surface area contributed by atoms with Gasteiger partial charge < -0.3 is 10.6 Å². The number of urea groups is 1. The van der Waals surface area contributed by atoms with Crippen molar-refractivity contribution >= 4 is 23.2 Å². The number of amides is 2. The van der Waals surface area contributed by atoms with E-state index in [1.165, 1.54) is 11.3 Å². The Hall–Kier alpha value is -3.70. The van der Waals surface area contributed by atoms with Crippen LogP contribution in [0.2, 0.25) is 0 Å². The van der Waals surface area contributed by atoms with Crippen LogP contribution in [-0.4, -0.2) is 11.8 Å². The van der Waals surface area contributed by atoms with Crippen LogP contribution in [0.1, 0.15) is 37.3 Å². The van der Waals surface area contributed by atoms with Crippen molar-refractivity contribution in [3.05, 3.63) is 130 Å². The molecule has 0 saturated carbocycles. The van der Waals surface area contributed by atoms with Crippen molar-refractivity contribution in [1.29, 1.82) is 0 Å². The van der Waals surface area contributed by atoms with Gasteiger partial charge in [-0.1, -0.05) is 91.0 Å². The molecular formula is C26H22N2O2S. The van der Waals surface area contributed by atoms with E-state index in [0.717, 1.165) is 16.0 Å². The fourth-order valence-electron chi connectivity index (χ4n) is 3.33. The Labute approximate surface area is 185 Å². The number of benzene rings is 3. The standard InChI is InChI=1S/C26H22N2O2S/c29-25(21-14-8-3-9-15-21)23-17-16-22(31-23)18-27-26(30)28-24(19-10-4-1-5-11-19)20-12-6-2-7-13-20/h1-17,24H,18H2,(H2,27,28,30). The van der Waals surface area contributed by atoms with E-state index >= 15 is 0 Å². The molecule has 2 N–H and O–H groups in total. The molecule has 0 unspecified atom stereocenters. The van der Waals surface area contributed by atoms with Gasteiger partial charge in [0, 0.05) is 10.4 Å². The third-order valence-corrected chi connectivity index (χ3v) is 5.97. The predicted octanol–water partition coefficient (Wildman–Crippen LogP) is 5.57. The smallest absolute Gasteiger partial charge is 0.315 e. The van der Waals surface area contributed by atoms with Crippen LogP contribution in [0.4, 0.5) is 4.79 Å². The molecule has 2 amide bonds. The second-order valence-electron chi connectivity index (χ2n) is 7.04.